The van der Waals surface area contributed by atoms with Crippen molar-refractivity contribution in [1.29, 1.82) is 0 Å². The molecule has 0 N–H and O–H groups in total. The Kier molecular flexibility index (Phi) is 3.97. The van der Waals surface area contributed by atoms with Crippen molar-refractivity contribution in [1.82, 2.24) is 4.90 Å². The monoisotopic (exact) mass is 136 g/mol. The van der Waals surface area contributed by atoms with E-state index < -0.39 is 8.03 Å². The van der Waals surface area contributed by atoms with Crippen LogP contribution in [0, 0.1) is 0 Å². The van der Waals surface area contributed by atoms with Gasteiger partial charge in [0.25, 0.3) is 0 Å². The van der Waals surface area contributed by atoms with E-state index in [0.29, 0.717) is 6.29 Å². The quantitative estimate of drug-likeness (QED) is 0.540. The van der Waals surface area contributed by atoms with Gasteiger partial charge in [0.2, 0.25) is 6.29 Å². The predicted octanol–water partition coefficient (Wildman–Crippen LogP) is 0.894. The van der Waals surface area contributed by atoms with E-state index in [-0.39, 0.29) is 0 Å². The molecule has 0 amide bonds. The van der Waals surface area contributed by atoms with Crippen molar-refractivity contribution in [2.75, 3.05) is 27.5 Å². The summed E-state index contributed by atoms with van der Waals surface area (Å²) in [7, 11) is 3.71. The Bertz CT molecular complexity index is 84.1. The molecule has 4 heteroatoms. The van der Waals surface area contributed by atoms with Gasteiger partial charge < -0.3 is 0 Å². The van der Waals surface area contributed by atoms with Crippen LogP contribution in [0.15, 0.2) is 0 Å². The lowest BCUT2D eigenvalue weighted by molar-refractivity contribution is 0.383. The topological polar surface area (TPSA) is 29.5 Å². The summed E-state index contributed by atoms with van der Waals surface area (Å²) >= 11 is 0. The van der Waals surface area contributed by atoms with Gasteiger partial charge in [0.05, 0.1) is 7.11 Å². The summed E-state index contributed by atoms with van der Waals surface area (Å²) in [4.78, 5) is 1.82. The fraction of sp³-hybridized carbons (Fsp3) is 1.00. The van der Waals surface area contributed by atoms with Crippen LogP contribution in [0.2, 0.25) is 0 Å². The minimum Gasteiger partial charge on any atom is -0.266 e. The smallest absolute Gasteiger partial charge is 0.266 e. The van der Waals surface area contributed by atoms with Crippen LogP contribution in [0.1, 0.15) is 0 Å². The van der Waals surface area contributed by atoms with Gasteiger partial charge >= 0.3 is 8.03 Å². The molecule has 0 radical (unpaired) electrons. The van der Waals surface area contributed by atoms with Gasteiger partial charge in [-0.2, -0.15) is 0 Å². The Morgan fingerprint density at radius 1 is 1.62 bits per heavy atom. The second kappa shape index (κ2) is 3.96. The molecule has 0 heterocycles. The molecular formula is C4H11NO2P+. The van der Waals surface area contributed by atoms with Crippen molar-refractivity contribution in [3.05, 3.63) is 0 Å². The molecule has 8 heavy (non-hydrogen) atoms. The molecule has 48 valence electrons. The minimum absolute atomic E-state index is 0.506. The standard InChI is InChI=1S/C4H11NO2P/c1-5(2)4-8(6)7-3/h4H2,1-3H3/q+1. The molecule has 0 aromatic carbocycles. The molecule has 0 spiro atoms. The second-order valence-corrected chi connectivity index (χ2v) is 3.05. The van der Waals surface area contributed by atoms with Gasteiger partial charge in [-0.15, -0.1) is 4.52 Å². The van der Waals surface area contributed by atoms with Crippen LogP contribution >= 0.6 is 8.03 Å². The van der Waals surface area contributed by atoms with Crippen LogP contribution in [0.3, 0.4) is 0 Å². The summed E-state index contributed by atoms with van der Waals surface area (Å²) in [5.41, 5.74) is 0. The summed E-state index contributed by atoms with van der Waals surface area (Å²) in [5, 5.41) is 0. The third-order valence-corrected chi connectivity index (χ3v) is 1.81. The first kappa shape index (κ1) is 8.02. The van der Waals surface area contributed by atoms with Crippen molar-refractivity contribution in [3.63, 3.8) is 0 Å². The first-order chi connectivity index (χ1) is 3.66. The lowest BCUT2D eigenvalue weighted by Crippen LogP contribution is -2.09. The van der Waals surface area contributed by atoms with Crippen LogP contribution in [0.4, 0.5) is 0 Å². The van der Waals surface area contributed by atoms with Gasteiger partial charge in [-0.05, 0) is 18.7 Å². The molecule has 0 saturated carbocycles. The molecular weight excluding hydrogens is 125 g/mol. The minimum atomic E-state index is -1.44. The molecule has 0 aliphatic rings. The van der Waals surface area contributed by atoms with Crippen molar-refractivity contribution < 1.29 is 9.09 Å². The SMILES string of the molecule is CO[P+](=O)CN(C)C. The van der Waals surface area contributed by atoms with Crippen molar-refractivity contribution in [2.24, 2.45) is 0 Å². The molecule has 3 nitrogen and oxygen atoms in total. The summed E-state index contributed by atoms with van der Waals surface area (Å²) in [5.74, 6) is 0. The first-order valence-electron chi connectivity index (χ1n) is 2.30. The Balaban J connectivity index is 3.25. The molecule has 0 aromatic heterocycles. The Labute approximate surface area is 50.5 Å². The molecule has 0 bridgehead atoms. The van der Waals surface area contributed by atoms with Crippen molar-refractivity contribution in [3.8, 4) is 0 Å². The fourth-order valence-corrected chi connectivity index (χ4v) is 0.866. The average Bonchev–Trinajstić information content (AvgIpc) is 1.65. The van der Waals surface area contributed by atoms with Gasteiger partial charge in [-0.25, -0.2) is 0 Å². The van der Waals surface area contributed by atoms with Crippen molar-refractivity contribution >= 4 is 8.03 Å². The summed E-state index contributed by atoms with van der Waals surface area (Å²) in [6.45, 7) is 0. The molecule has 1 unspecified atom stereocenters. The van der Waals surface area contributed by atoms with Crippen LogP contribution in [0.5, 0.6) is 0 Å². The van der Waals surface area contributed by atoms with Gasteiger partial charge in [-0.3, -0.25) is 4.90 Å². The van der Waals surface area contributed by atoms with Gasteiger partial charge in [0, 0.05) is 0 Å². The maximum atomic E-state index is 10.5. The lowest BCUT2D eigenvalue weighted by Gasteiger charge is -1.96. The van der Waals surface area contributed by atoms with Gasteiger partial charge in [0.15, 0.2) is 0 Å². The largest absolute Gasteiger partial charge is 0.523 e. The van der Waals surface area contributed by atoms with Crippen LogP contribution in [0.25, 0.3) is 0 Å². The molecule has 0 saturated heterocycles. The van der Waals surface area contributed by atoms with E-state index >= 15 is 0 Å². The van der Waals surface area contributed by atoms with Crippen LogP contribution < -0.4 is 0 Å². The highest BCUT2D eigenvalue weighted by molar-refractivity contribution is 7.38. The van der Waals surface area contributed by atoms with E-state index in [1.165, 1.54) is 7.11 Å². The maximum Gasteiger partial charge on any atom is 0.523 e. The number of hydrogen-bond donors (Lipinski definition) is 0. The van der Waals surface area contributed by atoms with Crippen molar-refractivity contribution in [2.45, 2.75) is 0 Å². The van der Waals surface area contributed by atoms with Crippen LogP contribution in [-0.2, 0) is 9.09 Å². The summed E-state index contributed by atoms with van der Waals surface area (Å²) in [6.07, 6.45) is 0.506. The van der Waals surface area contributed by atoms with E-state index in [0.717, 1.165) is 0 Å². The molecule has 0 fully saturated rings. The zero-order valence-electron chi connectivity index (χ0n) is 5.42. The third-order valence-electron chi connectivity index (χ3n) is 0.602. The van der Waals surface area contributed by atoms with E-state index in [1.54, 1.807) is 0 Å². The highest BCUT2D eigenvalue weighted by Crippen LogP contribution is 2.19. The summed E-state index contributed by atoms with van der Waals surface area (Å²) in [6, 6.07) is 0. The van der Waals surface area contributed by atoms with Gasteiger partial charge in [0.1, 0.15) is 0 Å². The van der Waals surface area contributed by atoms with Gasteiger partial charge in [-0.1, -0.05) is 0 Å². The predicted molar refractivity (Wildman–Crippen MR) is 33.2 cm³/mol. The van der Waals surface area contributed by atoms with Crippen LogP contribution in [-0.4, -0.2) is 32.4 Å². The Hall–Kier alpha value is 0.0200. The normalized spacial score (nSPS) is 12.2. The lowest BCUT2D eigenvalue weighted by atomic mass is 11.0. The molecule has 0 rings (SSSR count). The number of hydrogen-bond acceptors (Lipinski definition) is 3. The number of rotatable bonds is 3. The molecule has 0 aliphatic carbocycles. The maximum absolute atomic E-state index is 10.5. The first-order valence-corrected chi connectivity index (χ1v) is 3.66. The molecule has 0 aromatic rings. The van der Waals surface area contributed by atoms with E-state index in [2.05, 4.69) is 4.52 Å². The third kappa shape index (κ3) is 4.19. The number of nitrogens with zero attached hydrogens (tertiary/aromatic N) is 1. The van der Waals surface area contributed by atoms with E-state index in [1.807, 2.05) is 19.0 Å². The summed E-state index contributed by atoms with van der Waals surface area (Å²) < 4.78 is 15.0. The molecule has 0 aliphatic heterocycles. The highest BCUT2D eigenvalue weighted by atomic mass is 31.1. The zero-order chi connectivity index (χ0) is 6.57. The molecule has 1 atom stereocenters. The Morgan fingerprint density at radius 3 is 2.25 bits per heavy atom. The Morgan fingerprint density at radius 2 is 2.12 bits per heavy atom. The average molecular weight is 136 g/mol. The van der Waals surface area contributed by atoms with E-state index in [4.69, 9.17) is 0 Å². The zero-order valence-corrected chi connectivity index (χ0v) is 6.31. The fourth-order valence-electron chi connectivity index (χ4n) is 0.289. The highest BCUT2D eigenvalue weighted by Gasteiger charge is 2.14. The van der Waals surface area contributed by atoms with E-state index in [9.17, 15) is 4.57 Å². The second-order valence-electron chi connectivity index (χ2n) is 1.74.